The Labute approximate surface area is 93.5 Å². The lowest BCUT2D eigenvalue weighted by atomic mass is 10.4. The Kier molecular flexibility index (Phi) is 4.25. The molecule has 1 N–H and O–H groups in total. The van der Waals surface area contributed by atoms with Gasteiger partial charge in [0.15, 0.2) is 0 Å². The fourth-order valence-electron chi connectivity index (χ4n) is 0.723. The SMILES string of the molecule is CSc1snc(SCC(=O)O)c1C#N. The molecule has 0 radical (unpaired) electrons. The Morgan fingerprint density at radius 3 is 3.00 bits per heavy atom. The van der Waals surface area contributed by atoms with E-state index in [0.717, 1.165) is 16.0 Å². The van der Waals surface area contributed by atoms with Crippen LogP contribution in [-0.4, -0.2) is 27.5 Å². The highest BCUT2D eigenvalue weighted by Crippen LogP contribution is 2.32. The largest absolute Gasteiger partial charge is 0.481 e. The van der Waals surface area contributed by atoms with Crippen molar-refractivity contribution in [1.29, 1.82) is 5.26 Å². The third kappa shape index (κ3) is 2.64. The second kappa shape index (κ2) is 5.24. The molecular formula is C7H6N2O2S3. The molecule has 0 aliphatic carbocycles. The summed E-state index contributed by atoms with van der Waals surface area (Å²) >= 11 is 3.76. The van der Waals surface area contributed by atoms with Crippen molar-refractivity contribution in [2.45, 2.75) is 9.24 Å². The highest BCUT2D eigenvalue weighted by atomic mass is 32.2. The van der Waals surface area contributed by atoms with Gasteiger partial charge in [-0.05, 0) is 17.8 Å². The summed E-state index contributed by atoms with van der Waals surface area (Å²) in [6, 6.07) is 2.03. The number of hydrogen-bond donors (Lipinski definition) is 1. The summed E-state index contributed by atoms with van der Waals surface area (Å²) in [5, 5.41) is 17.8. The monoisotopic (exact) mass is 246 g/mol. The number of carboxylic acids is 1. The van der Waals surface area contributed by atoms with Gasteiger partial charge in [0.1, 0.15) is 16.7 Å². The maximum atomic E-state index is 10.3. The fraction of sp³-hybridized carbons (Fsp3) is 0.286. The number of hydrogen-bond acceptors (Lipinski definition) is 6. The number of thioether (sulfide) groups is 2. The van der Waals surface area contributed by atoms with Crippen LogP contribution < -0.4 is 0 Å². The summed E-state index contributed by atoms with van der Waals surface area (Å²) in [6.45, 7) is 0. The number of aromatic nitrogens is 1. The first-order valence-corrected chi connectivity index (χ1v) is 6.45. The first-order chi connectivity index (χ1) is 6.69. The smallest absolute Gasteiger partial charge is 0.313 e. The van der Waals surface area contributed by atoms with Gasteiger partial charge in [0.2, 0.25) is 0 Å². The summed E-state index contributed by atoms with van der Waals surface area (Å²) in [5.74, 6) is -0.968. The number of nitriles is 1. The van der Waals surface area contributed by atoms with Crippen molar-refractivity contribution in [1.82, 2.24) is 4.37 Å². The minimum atomic E-state index is -0.905. The van der Waals surface area contributed by atoms with Crippen molar-refractivity contribution < 1.29 is 9.90 Å². The Hall–Kier alpha value is -0.710. The minimum Gasteiger partial charge on any atom is -0.481 e. The Morgan fingerprint density at radius 2 is 2.50 bits per heavy atom. The zero-order chi connectivity index (χ0) is 10.6. The highest BCUT2D eigenvalue weighted by molar-refractivity contribution is 8.01. The molecule has 4 nitrogen and oxygen atoms in total. The van der Waals surface area contributed by atoms with Crippen LogP contribution in [0.2, 0.25) is 0 Å². The lowest BCUT2D eigenvalue weighted by Gasteiger charge is -1.93. The lowest BCUT2D eigenvalue weighted by molar-refractivity contribution is -0.133. The molecule has 1 aromatic rings. The van der Waals surface area contributed by atoms with Gasteiger partial charge in [0.25, 0.3) is 0 Å². The average molecular weight is 246 g/mol. The van der Waals surface area contributed by atoms with Gasteiger partial charge in [-0.15, -0.1) is 11.8 Å². The van der Waals surface area contributed by atoms with E-state index in [1.807, 2.05) is 12.3 Å². The topological polar surface area (TPSA) is 74.0 Å². The first-order valence-electron chi connectivity index (χ1n) is 3.47. The Bertz CT molecular complexity index is 383. The van der Waals surface area contributed by atoms with Crippen LogP contribution in [0.4, 0.5) is 0 Å². The summed E-state index contributed by atoms with van der Waals surface area (Å²) in [6.07, 6.45) is 1.86. The van der Waals surface area contributed by atoms with Crippen LogP contribution in [0.1, 0.15) is 5.56 Å². The van der Waals surface area contributed by atoms with Gasteiger partial charge in [0, 0.05) is 0 Å². The first kappa shape index (κ1) is 11.4. The third-order valence-electron chi connectivity index (χ3n) is 1.26. The van der Waals surface area contributed by atoms with Gasteiger partial charge >= 0.3 is 5.97 Å². The van der Waals surface area contributed by atoms with Crippen molar-refractivity contribution in [3.05, 3.63) is 5.56 Å². The molecule has 7 heteroatoms. The second-order valence-electron chi connectivity index (χ2n) is 2.15. The molecule has 0 unspecified atom stereocenters. The van der Waals surface area contributed by atoms with Crippen molar-refractivity contribution in [3.8, 4) is 6.07 Å². The molecule has 0 fully saturated rings. The van der Waals surface area contributed by atoms with Crippen molar-refractivity contribution in [2.24, 2.45) is 0 Å². The van der Waals surface area contributed by atoms with E-state index in [4.69, 9.17) is 10.4 Å². The van der Waals surface area contributed by atoms with Crippen molar-refractivity contribution >= 4 is 41.0 Å². The number of carbonyl (C=O) groups is 1. The van der Waals surface area contributed by atoms with Gasteiger partial charge < -0.3 is 5.11 Å². The predicted octanol–water partition coefficient (Wildman–Crippen LogP) is 1.91. The second-order valence-corrected chi connectivity index (χ2v) is 4.96. The third-order valence-corrected chi connectivity index (χ3v) is 4.28. The Balaban J connectivity index is 2.82. The van der Waals surface area contributed by atoms with E-state index in [1.165, 1.54) is 23.3 Å². The number of aliphatic carboxylic acids is 1. The van der Waals surface area contributed by atoms with Gasteiger partial charge in [-0.3, -0.25) is 4.79 Å². The lowest BCUT2D eigenvalue weighted by Crippen LogP contribution is -1.97. The molecule has 0 atom stereocenters. The van der Waals surface area contributed by atoms with Crippen LogP contribution in [0.15, 0.2) is 9.24 Å². The zero-order valence-corrected chi connectivity index (χ0v) is 9.63. The quantitative estimate of drug-likeness (QED) is 0.818. The van der Waals surface area contributed by atoms with Gasteiger partial charge in [-0.25, -0.2) is 0 Å². The van der Waals surface area contributed by atoms with E-state index in [1.54, 1.807) is 0 Å². The van der Waals surface area contributed by atoms with Crippen LogP contribution in [0, 0.1) is 11.3 Å². The maximum Gasteiger partial charge on any atom is 0.313 e. The predicted molar refractivity (Wildman–Crippen MR) is 57.0 cm³/mol. The molecule has 74 valence electrons. The van der Waals surface area contributed by atoms with E-state index < -0.39 is 5.97 Å². The summed E-state index contributed by atoms with van der Waals surface area (Å²) in [7, 11) is 0. The van der Waals surface area contributed by atoms with E-state index in [0.29, 0.717) is 10.6 Å². The molecule has 0 bridgehead atoms. The van der Waals surface area contributed by atoms with Crippen molar-refractivity contribution in [3.63, 3.8) is 0 Å². The number of carboxylic acid groups (broad SMARTS) is 1. The molecular weight excluding hydrogens is 240 g/mol. The van der Waals surface area contributed by atoms with Gasteiger partial charge in [-0.2, -0.15) is 9.64 Å². The van der Waals surface area contributed by atoms with Crippen LogP contribution in [-0.2, 0) is 4.79 Å². The molecule has 1 aromatic heterocycles. The molecule has 1 rings (SSSR count). The Morgan fingerprint density at radius 1 is 1.79 bits per heavy atom. The van der Waals surface area contributed by atoms with E-state index >= 15 is 0 Å². The molecule has 0 aromatic carbocycles. The van der Waals surface area contributed by atoms with E-state index in [9.17, 15) is 4.79 Å². The minimum absolute atomic E-state index is 0.0633. The molecule has 0 spiro atoms. The molecule has 1 heterocycles. The van der Waals surface area contributed by atoms with Crippen molar-refractivity contribution in [2.75, 3.05) is 12.0 Å². The molecule has 0 aliphatic heterocycles. The van der Waals surface area contributed by atoms with E-state index in [-0.39, 0.29) is 5.75 Å². The molecule has 0 saturated carbocycles. The standard InChI is InChI=1S/C7H6N2O2S3/c1-12-7-4(2-8)6(9-14-7)13-3-5(10)11/h3H2,1H3,(H,10,11). The average Bonchev–Trinajstić information content (AvgIpc) is 2.56. The molecule has 0 saturated heterocycles. The van der Waals surface area contributed by atoms with Crippen LogP contribution in [0.3, 0.4) is 0 Å². The summed E-state index contributed by atoms with van der Waals surface area (Å²) in [5.41, 5.74) is 0.494. The number of nitrogens with zero attached hydrogens (tertiary/aromatic N) is 2. The normalized spacial score (nSPS) is 9.71. The summed E-state index contributed by atoms with van der Waals surface area (Å²) < 4.78 is 4.86. The van der Waals surface area contributed by atoms with Crippen LogP contribution >= 0.6 is 35.1 Å². The van der Waals surface area contributed by atoms with Crippen LogP contribution in [0.25, 0.3) is 0 Å². The number of rotatable bonds is 4. The van der Waals surface area contributed by atoms with Gasteiger partial charge in [-0.1, -0.05) is 11.8 Å². The summed E-state index contributed by atoms with van der Waals surface area (Å²) in [4.78, 5) is 10.3. The zero-order valence-electron chi connectivity index (χ0n) is 7.18. The maximum absolute atomic E-state index is 10.3. The molecule has 0 amide bonds. The fourth-order valence-corrected chi connectivity index (χ4v) is 2.97. The molecule has 0 aliphatic rings. The molecule has 14 heavy (non-hydrogen) atoms. The van der Waals surface area contributed by atoms with Gasteiger partial charge in [0.05, 0.1) is 9.96 Å². The van der Waals surface area contributed by atoms with Crippen LogP contribution in [0.5, 0.6) is 0 Å². The van der Waals surface area contributed by atoms with E-state index in [2.05, 4.69) is 4.37 Å². The highest BCUT2D eigenvalue weighted by Gasteiger charge is 2.14.